The molecule has 1 atom stereocenters. The summed E-state index contributed by atoms with van der Waals surface area (Å²) >= 11 is 10.6. The van der Waals surface area contributed by atoms with Crippen molar-refractivity contribution < 1.29 is 4.79 Å². The molecule has 1 aliphatic heterocycles. The SMILES string of the molecule is Cl.NN1CCN(C(C=O)n2c(=O)sc3cc(Br)c(Cl)cc32)CC1. The number of hydrazine groups is 1. The number of hydrogen-bond donors (Lipinski definition) is 1. The highest BCUT2D eigenvalue weighted by Gasteiger charge is 2.26. The first-order valence-corrected chi connectivity index (χ1v) is 8.69. The number of thiazole rings is 1. The second-order valence-electron chi connectivity index (χ2n) is 5.09. The molecule has 1 unspecified atom stereocenters. The fourth-order valence-corrected chi connectivity index (χ4v) is 4.18. The first-order valence-electron chi connectivity index (χ1n) is 6.70. The van der Waals surface area contributed by atoms with E-state index in [4.69, 9.17) is 17.4 Å². The minimum absolute atomic E-state index is 0. The van der Waals surface area contributed by atoms with E-state index in [0.717, 1.165) is 26.8 Å². The van der Waals surface area contributed by atoms with Crippen molar-refractivity contribution in [2.75, 3.05) is 26.2 Å². The third-order valence-corrected chi connectivity index (χ3v) is 5.88. The van der Waals surface area contributed by atoms with Gasteiger partial charge in [-0.1, -0.05) is 22.9 Å². The fourth-order valence-electron chi connectivity index (χ4n) is 2.59. The molecule has 0 bridgehead atoms. The normalized spacial score (nSPS) is 17.9. The Labute approximate surface area is 156 Å². The van der Waals surface area contributed by atoms with E-state index in [1.165, 1.54) is 4.57 Å². The molecule has 2 heterocycles. The minimum atomic E-state index is -0.632. The van der Waals surface area contributed by atoms with Crippen LogP contribution in [0, 0.1) is 0 Å². The molecule has 126 valence electrons. The number of nitrogens with two attached hydrogens (primary N) is 1. The van der Waals surface area contributed by atoms with Crippen LogP contribution in [-0.2, 0) is 4.79 Å². The van der Waals surface area contributed by atoms with E-state index in [1.807, 2.05) is 4.90 Å². The predicted molar refractivity (Wildman–Crippen MR) is 98.5 cm³/mol. The summed E-state index contributed by atoms with van der Waals surface area (Å²) in [5.41, 5.74) is 0.676. The quantitative estimate of drug-likeness (QED) is 0.583. The number of nitrogens with zero attached hydrogens (tertiary/aromatic N) is 3. The maximum Gasteiger partial charge on any atom is 0.309 e. The van der Waals surface area contributed by atoms with Gasteiger partial charge in [0.05, 0.1) is 15.2 Å². The fraction of sp³-hybridized carbons (Fsp3) is 0.385. The predicted octanol–water partition coefficient (Wildman–Crippen LogP) is 2.09. The lowest BCUT2D eigenvalue weighted by molar-refractivity contribution is -0.116. The molecule has 2 N–H and O–H groups in total. The molecule has 1 aromatic heterocycles. The van der Waals surface area contributed by atoms with E-state index in [-0.39, 0.29) is 17.3 Å². The smallest absolute Gasteiger partial charge is 0.299 e. The summed E-state index contributed by atoms with van der Waals surface area (Å²) in [6, 6.07) is 3.52. The van der Waals surface area contributed by atoms with Crippen LogP contribution < -0.4 is 10.7 Å². The highest BCUT2D eigenvalue weighted by Crippen LogP contribution is 2.31. The second kappa shape index (κ2) is 7.60. The molecular weight excluding hydrogens is 427 g/mol. The Balaban J connectivity index is 0.00000192. The number of hydrogen-bond acceptors (Lipinski definition) is 6. The monoisotopic (exact) mass is 440 g/mol. The van der Waals surface area contributed by atoms with E-state index in [9.17, 15) is 9.59 Å². The van der Waals surface area contributed by atoms with Gasteiger partial charge in [0.25, 0.3) is 0 Å². The molecule has 0 radical (unpaired) electrons. The van der Waals surface area contributed by atoms with E-state index >= 15 is 0 Å². The number of halogens is 3. The lowest BCUT2D eigenvalue weighted by Crippen LogP contribution is -2.52. The number of piperazine rings is 1. The molecule has 0 spiro atoms. The molecule has 10 heteroatoms. The first kappa shape index (κ1) is 18.9. The Bertz CT molecular complexity index is 773. The first-order chi connectivity index (χ1) is 10.5. The van der Waals surface area contributed by atoms with E-state index in [1.54, 1.807) is 17.1 Å². The van der Waals surface area contributed by atoms with Gasteiger partial charge in [0.1, 0.15) is 6.17 Å². The van der Waals surface area contributed by atoms with Crippen molar-refractivity contribution in [2.24, 2.45) is 5.84 Å². The summed E-state index contributed by atoms with van der Waals surface area (Å²) < 4.78 is 3.04. The van der Waals surface area contributed by atoms with Crippen LogP contribution in [0.3, 0.4) is 0 Å². The summed E-state index contributed by atoms with van der Waals surface area (Å²) in [4.78, 5) is 25.8. The van der Waals surface area contributed by atoms with Gasteiger partial charge in [-0.3, -0.25) is 24.9 Å². The van der Waals surface area contributed by atoms with Gasteiger partial charge < -0.3 is 0 Å². The van der Waals surface area contributed by atoms with Crippen LogP contribution in [0.15, 0.2) is 21.4 Å². The maximum atomic E-state index is 12.4. The van der Waals surface area contributed by atoms with E-state index < -0.39 is 6.17 Å². The van der Waals surface area contributed by atoms with Crippen LogP contribution in [0.5, 0.6) is 0 Å². The van der Waals surface area contributed by atoms with Crippen molar-refractivity contribution in [3.05, 3.63) is 31.3 Å². The lowest BCUT2D eigenvalue weighted by atomic mass is 10.3. The topological polar surface area (TPSA) is 71.6 Å². The van der Waals surface area contributed by atoms with Gasteiger partial charge in [-0.15, -0.1) is 12.4 Å². The standard InChI is InChI=1S/C13H14BrClN4O2S.ClH/c14-8-5-11-10(6-9(8)15)19(13(21)22-11)12(7-20)17-1-3-18(16)4-2-17;/h5-7,12H,1-4,16H2;1H. The average molecular weight is 442 g/mol. The summed E-state index contributed by atoms with van der Waals surface area (Å²) in [7, 11) is 0. The van der Waals surface area contributed by atoms with E-state index in [2.05, 4.69) is 15.9 Å². The Hall–Kier alpha value is -0.480. The largest absolute Gasteiger partial charge is 0.309 e. The van der Waals surface area contributed by atoms with Crippen LogP contribution in [-0.4, -0.2) is 46.9 Å². The third kappa shape index (κ3) is 3.63. The van der Waals surface area contributed by atoms with Crippen LogP contribution in [0.1, 0.15) is 6.17 Å². The van der Waals surface area contributed by atoms with Gasteiger partial charge in [0.15, 0.2) is 6.29 Å². The molecule has 1 saturated heterocycles. The highest BCUT2D eigenvalue weighted by molar-refractivity contribution is 9.10. The van der Waals surface area contributed by atoms with Gasteiger partial charge in [-0.05, 0) is 28.1 Å². The summed E-state index contributed by atoms with van der Waals surface area (Å²) in [6.45, 7) is 2.59. The van der Waals surface area contributed by atoms with Gasteiger partial charge in [0, 0.05) is 30.7 Å². The molecule has 0 aliphatic carbocycles. The Morgan fingerprint density at radius 1 is 1.30 bits per heavy atom. The number of fused-ring (bicyclic) bond motifs is 1. The summed E-state index contributed by atoms with van der Waals surface area (Å²) in [6.07, 6.45) is 0.169. The van der Waals surface area contributed by atoms with Gasteiger partial charge >= 0.3 is 4.87 Å². The number of aldehydes is 1. The number of carbonyl (C=O) groups excluding carboxylic acids is 1. The maximum absolute atomic E-state index is 12.4. The summed E-state index contributed by atoms with van der Waals surface area (Å²) in [5, 5.41) is 2.22. The molecule has 0 saturated carbocycles. The Morgan fingerprint density at radius 3 is 2.57 bits per heavy atom. The minimum Gasteiger partial charge on any atom is -0.299 e. The number of carbonyl (C=O) groups is 1. The molecule has 1 aromatic carbocycles. The van der Waals surface area contributed by atoms with Crippen molar-refractivity contribution in [2.45, 2.75) is 6.17 Å². The number of aromatic nitrogens is 1. The van der Waals surface area contributed by atoms with Gasteiger partial charge in [-0.2, -0.15) is 0 Å². The molecule has 3 rings (SSSR count). The van der Waals surface area contributed by atoms with Gasteiger partial charge in [0.2, 0.25) is 0 Å². The average Bonchev–Trinajstić information content (AvgIpc) is 2.78. The van der Waals surface area contributed by atoms with Crippen molar-refractivity contribution in [3.63, 3.8) is 0 Å². The molecule has 1 fully saturated rings. The number of benzene rings is 1. The molecule has 23 heavy (non-hydrogen) atoms. The second-order valence-corrected chi connectivity index (χ2v) is 7.35. The lowest BCUT2D eigenvalue weighted by Gasteiger charge is -2.35. The summed E-state index contributed by atoms with van der Waals surface area (Å²) in [5.74, 6) is 5.74. The van der Waals surface area contributed by atoms with Crippen molar-refractivity contribution in [1.29, 1.82) is 0 Å². The van der Waals surface area contributed by atoms with Crippen molar-refractivity contribution >= 4 is 67.8 Å². The van der Waals surface area contributed by atoms with Crippen LogP contribution in [0.2, 0.25) is 5.02 Å². The van der Waals surface area contributed by atoms with Crippen molar-refractivity contribution in [1.82, 2.24) is 14.5 Å². The van der Waals surface area contributed by atoms with Gasteiger partial charge in [-0.25, -0.2) is 5.01 Å². The highest BCUT2D eigenvalue weighted by atomic mass is 79.9. The zero-order chi connectivity index (χ0) is 15.9. The third-order valence-electron chi connectivity index (χ3n) is 3.76. The Morgan fingerprint density at radius 2 is 1.96 bits per heavy atom. The van der Waals surface area contributed by atoms with Crippen LogP contribution in [0.4, 0.5) is 0 Å². The zero-order valence-corrected chi connectivity index (χ0v) is 15.9. The molecule has 0 amide bonds. The van der Waals surface area contributed by atoms with Crippen LogP contribution in [0.25, 0.3) is 10.2 Å². The molecule has 2 aromatic rings. The molecule has 1 aliphatic rings. The molecule has 6 nitrogen and oxygen atoms in total. The zero-order valence-electron chi connectivity index (χ0n) is 11.9. The van der Waals surface area contributed by atoms with E-state index in [0.29, 0.717) is 36.7 Å². The van der Waals surface area contributed by atoms with Crippen molar-refractivity contribution in [3.8, 4) is 0 Å². The van der Waals surface area contributed by atoms with Crippen LogP contribution >= 0.6 is 51.3 Å². The number of rotatable bonds is 3. The Kier molecular flexibility index (Phi) is 6.23. The molecular formula is C13H15BrCl2N4O2S.